The van der Waals surface area contributed by atoms with Gasteiger partial charge in [0.2, 0.25) is 0 Å². The van der Waals surface area contributed by atoms with E-state index >= 15 is 0 Å². The van der Waals surface area contributed by atoms with Gasteiger partial charge in [0.05, 0.1) is 27.0 Å². The summed E-state index contributed by atoms with van der Waals surface area (Å²) in [5.41, 5.74) is 3.65. The van der Waals surface area contributed by atoms with Gasteiger partial charge >= 0.3 is 6.18 Å². The molecule has 0 radical (unpaired) electrons. The molecule has 116 valence electrons. The molecule has 1 N–H and O–H groups in total. The lowest BCUT2D eigenvalue weighted by Gasteiger charge is -2.08. The Labute approximate surface area is 135 Å². The van der Waals surface area contributed by atoms with Crippen molar-refractivity contribution in [3.05, 3.63) is 63.6 Å². The van der Waals surface area contributed by atoms with Crippen molar-refractivity contribution in [2.45, 2.75) is 13.1 Å². The summed E-state index contributed by atoms with van der Waals surface area (Å²) in [5, 5.41) is 4.81. The van der Waals surface area contributed by atoms with Crippen LogP contribution in [0.5, 0.6) is 0 Å². The topological polar surface area (TPSA) is 24.4 Å². The van der Waals surface area contributed by atoms with Crippen molar-refractivity contribution in [2.24, 2.45) is 5.10 Å². The monoisotopic (exact) mass is 346 g/mol. The number of anilines is 1. The maximum absolute atomic E-state index is 12.5. The molecule has 0 aliphatic rings. The Hall–Kier alpha value is -1.72. The van der Waals surface area contributed by atoms with Crippen molar-refractivity contribution in [2.75, 3.05) is 5.43 Å². The fourth-order valence-electron chi connectivity index (χ4n) is 1.70. The summed E-state index contributed by atoms with van der Waals surface area (Å²) in [6, 6.07) is 9.80. The normalized spacial score (nSPS) is 12.4. The lowest BCUT2D eigenvalue weighted by atomic mass is 10.1. The van der Waals surface area contributed by atoms with Crippen molar-refractivity contribution in [1.82, 2.24) is 0 Å². The maximum Gasteiger partial charge on any atom is 0.416 e. The molecule has 0 aromatic heterocycles. The van der Waals surface area contributed by atoms with E-state index in [1.165, 1.54) is 12.1 Å². The van der Waals surface area contributed by atoms with Gasteiger partial charge in [0.25, 0.3) is 0 Å². The smallest absolute Gasteiger partial charge is 0.277 e. The molecule has 0 amide bonds. The van der Waals surface area contributed by atoms with E-state index in [1.807, 2.05) is 0 Å². The maximum atomic E-state index is 12.5. The molecule has 2 aromatic carbocycles. The molecule has 0 spiro atoms. The van der Waals surface area contributed by atoms with Gasteiger partial charge in [-0.25, -0.2) is 0 Å². The average molecular weight is 347 g/mol. The van der Waals surface area contributed by atoms with Gasteiger partial charge in [-0.1, -0.05) is 41.4 Å². The molecule has 0 saturated heterocycles. The van der Waals surface area contributed by atoms with Crippen LogP contribution in [0.15, 0.2) is 47.6 Å². The summed E-state index contributed by atoms with van der Waals surface area (Å²) < 4.78 is 37.5. The van der Waals surface area contributed by atoms with E-state index in [-0.39, 0.29) is 0 Å². The lowest BCUT2D eigenvalue weighted by Crippen LogP contribution is -2.06. The number of alkyl halides is 3. The first-order valence-electron chi connectivity index (χ1n) is 6.21. The zero-order valence-corrected chi connectivity index (χ0v) is 12.9. The molecule has 0 atom stereocenters. The number of hydrazone groups is 1. The fraction of sp³-hybridized carbons (Fsp3) is 0.133. The second-order valence-electron chi connectivity index (χ2n) is 4.49. The first-order chi connectivity index (χ1) is 10.3. The van der Waals surface area contributed by atoms with Gasteiger partial charge in [-0.2, -0.15) is 18.3 Å². The minimum Gasteiger partial charge on any atom is -0.277 e. The van der Waals surface area contributed by atoms with E-state index in [9.17, 15) is 13.2 Å². The first-order valence-corrected chi connectivity index (χ1v) is 6.96. The number of nitrogens with one attached hydrogen (secondary N) is 1. The van der Waals surface area contributed by atoms with E-state index in [2.05, 4.69) is 10.5 Å². The number of hydrogen-bond donors (Lipinski definition) is 1. The second kappa shape index (κ2) is 6.58. The van der Waals surface area contributed by atoms with Crippen molar-refractivity contribution in [1.29, 1.82) is 0 Å². The number of nitrogens with zero attached hydrogens (tertiary/aromatic N) is 1. The summed E-state index contributed by atoms with van der Waals surface area (Å²) in [7, 11) is 0. The van der Waals surface area contributed by atoms with Gasteiger partial charge in [0.15, 0.2) is 0 Å². The molecule has 0 heterocycles. The highest BCUT2D eigenvalue weighted by molar-refractivity contribution is 6.43. The SMILES string of the molecule is C/C(=N\Nc1cccc(Cl)c1Cl)c1ccc(C(F)(F)F)cc1. The fourth-order valence-corrected chi connectivity index (χ4v) is 2.04. The Morgan fingerprint density at radius 2 is 1.68 bits per heavy atom. The Balaban J connectivity index is 2.17. The first kappa shape index (κ1) is 16.6. The Morgan fingerprint density at radius 1 is 1.05 bits per heavy atom. The van der Waals surface area contributed by atoms with Gasteiger partial charge in [0.1, 0.15) is 0 Å². The molecule has 0 aliphatic carbocycles. The molecule has 2 nitrogen and oxygen atoms in total. The molecule has 7 heteroatoms. The summed E-state index contributed by atoms with van der Waals surface area (Å²) in [6.07, 6.45) is -4.35. The van der Waals surface area contributed by atoms with Crippen LogP contribution in [0.1, 0.15) is 18.1 Å². The minimum absolute atomic E-state index is 0.327. The van der Waals surface area contributed by atoms with E-state index < -0.39 is 11.7 Å². The molecular formula is C15H11Cl2F3N2. The van der Waals surface area contributed by atoms with Gasteiger partial charge in [0, 0.05) is 0 Å². The average Bonchev–Trinajstić information content (AvgIpc) is 2.48. The van der Waals surface area contributed by atoms with Crippen molar-refractivity contribution in [3.63, 3.8) is 0 Å². The van der Waals surface area contributed by atoms with Crippen LogP contribution in [0.2, 0.25) is 10.0 Å². The Kier molecular flexibility index (Phi) is 4.98. The molecule has 0 unspecified atom stereocenters. The highest BCUT2D eigenvalue weighted by atomic mass is 35.5. The minimum atomic E-state index is -4.35. The third-order valence-electron chi connectivity index (χ3n) is 2.93. The largest absolute Gasteiger partial charge is 0.416 e. The highest BCUT2D eigenvalue weighted by Gasteiger charge is 2.29. The van der Waals surface area contributed by atoms with E-state index in [4.69, 9.17) is 23.2 Å². The molecule has 2 aromatic rings. The summed E-state index contributed by atoms with van der Waals surface area (Å²) >= 11 is 11.9. The van der Waals surface area contributed by atoms with Gasteiger partial charge < -0.3 is 0 Å². The van der Waals surface area contributed by atoms with E-state index in [1.54, 1.807) is 25.1 Å². The quantitative estimate of drug-likeness (QED) is 0.547. The Bertz CT molecular complexity index is 695. The molecular weight excluding hydrogens is 336 g/mol. The molecule has 0 aliphatic heterocycles. The third-order valence-corrected chi connectivity index (χ3v) is 3.74. The predicted molar refractivity (Wildman–Crippen MR) is 83.7 cm³/mol. The van der Waals surface area contributed by atoms with Crippen molar-refractivity contribution < 1.29 is 13.2 Å². The predicted octanol–water partition coefficient (Wildman–Crippen LogP) is 5.85. The van der Waals surface area contributed by atoms with Crippen LogP contribution >= 0.6 is 23.2 Å². The summed E-state index contributed by atoms with van der Waals surface area (Å²) in [5.74, 6) is 0. The molecule has 0 bridgehead atoms. The van der Waals surface area contributed by atoms with E-state index in [0.29, 0.717) is 27.0 Å². The van der Waals surface area contributed by atoms with Crippen LogP contribution in [0.3, 0.4) is 0 Å². The van der Waals surface area contributed by atoms with Crippen molar-refractivity contribution in [3.8, 4) is 0 Å². The summed E-state index contributed by atoms with van der Waals surface area (Å²) in [6.45, 7) is 1.67. The molecule has 22 heavy (non-hydrogen) atoms. The zero-order chi connectivity index (χ0) is 16.3. The zero-order valence-electron chi connectivity index (χ0n) is 11.4. The van der Waals surface area contributed by atoms with Gasteiger partial charge in [-0.15, -0.1) is 0 Å². The third kappa shape index (κ3) is 3.93. The van der Waals surface area contributed by atoms with Crippen LogP contribution in [-0.4, -0.2) is 5.71 Å². The molecule has 2 rings (SSSR count). The molecule has 0 saturated carbocycles. The Morgan fingerprint density at radius 3 is 2.27 bits per heavy atom. The second-order valence-corrected chi connectivity index (χ2v) is 5.27. The van der Waals surface area contributed by atoms with Crippen LogP contribution in [0.25, 0.3) is 0 Å². The van der Waals surface area contributed by atoms with Crippen LogP contribution < -0.4 is 5.43 Å². The number of rotatable bonds is 3. The standard InChI is InChI=1S/C15H11Cl2F3N2/c1-9(10-5-7-11(8-6-10)15(18,19)20)21-22-13-4-2-3-12(16)14(13)17/h2-8,22H,1H3/b21-9+. The number of benzene rings is 2. The van der Waals surface area contributed by atoms with Crippen LogP contribution in [0, 0.1) is 0 Å². The van der Waals surface area contributed by atoms with Crippen molar-refractivity contribution >= 4 is 34.6 Å². The summed E-state index contributed by atoms with van der Waals surface area (Å²) in [4.78, 5) is 0. The molecule has 0 fully saturated rings. The van der Waals surface area contributed by atoms with E-state index in [0.717, 1.165) is 12.1 Å². The lowest BCUT2D eigenvalue weighted by molar-refractivity contribution is -0.137. The number of halogens is 5. The van der Waals surface area contributed by atoms with Crippen LogP contribution in [0.4, 0.5) is 18.9 Å². The highest BCUT2D eigenvalue weighted by Crippen LogP contribution is 2.30. The number of hydrogen-bond acceptors (Lipinski definition) is 2. The van der Waals surface area contributed by atoms with Crippen LogP contribution in [-0.2, 0) is 6.18 Å². The van der Waals surface area contributed by atoms with Gasteiger partial charge in [-0.05, 0) is 36.8 Å². The van der Waals surface area contributed by atoms with Gasteiger partial charge in [-0.3, -0.25) is 5.43 Å².